The Labute approximate surface area is 120 Å². The summed E-state index contributed by atoms with van der Waals surface area (Å²) in [6, 6.07) is 9.63. The Morgan fingerprint density at radius 3 is 2.85 bits per heavy atom. The molecule has 0 fully saturated rings. The fraction of sp³-hybridized carbons (Fsp3) is 0.200. The molecule has 20 heavy (non-hydrogen) atoms. The third kappa shape index (κ3) is 2.32. The van der Waals surface area contributed by atoms with Crippen molar-refractivity contribution in [2.45, 2.75) is 19.9 Å². The molecule has 102 valence electrons. The lowest BCUT2D eigenvalue weighted by atomic mass is 10.2. The summed E-state index contributed by atoms with van der Waals surface area (Å²) in [5.41, 5.74) is 2.90. The summed E-state index contributed by atoms with van der Waals surface area (Å²) in [5.74, 6) is 0.721. The first-order valence-electron chi connectivity index (χ1n) is 6.45. The van der Waals surface area contributed by atoms with Crippen LogP contribution in [0.4, 0.5) is 0 Å². The van der Waals surface area contributed by atoms with Crippen LogP contribution < -0.4 is 5.32 Å². The van der Waals surface area contributed by atoms with Gasteiger partial charge in [-0.3, -0.25) is 4.79 Å². The number of nitrogens with zero attached hydrogens (tertiary/aromatic N) is 1. The smallest absolute Gasteiger partial charge is 0.262 e. The van der Waals surface area contributed by atoms with Crippen LogP contribution in [0.1, 0.15) is 34.0 Å². The molecule has 2 N–H and O–H groups in total. The molecule has 0 aliphatic heterocycles. The molecule has 0 saturated carbocycles. The Bertz CT molecular complexity index is 726. The molecule has 1 aromatic carbocycles. The number of aryl methyl sites for hydroxylation is 1. The molecule has 5 heteroatoms. The zero-order valence-corrected chi connectivity index (χ0v) is 12.1. The second-order valence-corrected chi connectivity index (χ2v) is 5.68. The first kappa shape index (κ1) is 12.9. The number of hydrogen-bond donors (Lipinski definition) is 2. The van der Waals surface area contributed by atoms with Gasteiger partial charge in [-0.1, -0.05) is 12.1 Å². The quantitative estimate of drug-likeness (QED) is 0.774. The number of aromatic nitrogens is 2. The van der Waals surface area contributed by atoms with Gasteiger partial charge in [0.15, 0.2) is 0 Å². The monoisotopic (exact) mass is 285 g/mol. The number of thiophene rings is 1. The number of rotatable bonds is 3. The van der Waals surface area contributed by atoms with E-state index in [0.29, 0.717) is 0 Å². The minimum Gasteiger partial charge on any atom is -0.342 e. The lowest BCUT2D eigenvalue weighted by Crippen LogP contribution is -2.27. The average molecular weight is 285 g/mol. The molecule has 0 unspecified atom stereocenters. The minimum atomic E-state index is -0.156. The summed E-state index contributed by atoms with van der Waals surface area (Å²) in [6.45, 7) is 3.87. The van der Waals surface area contributed by atoms with Gasteiger partial charge in [0.1, 0.15) is 5.82 Å². The first-order valence-corrected chi connectivity index (χ1v) is 7.32. The molecule has 0 aliphatic carbocycles. The summed E-state index contributed by atoms with van der Waals surface area (Å²) in [5, 5.41) is 4.90. The number of imidazole rings is 1. The van der Waals surface area contributed by atoms with Crippen LogP contribution in [0.2, 0.25) is 0 Å². The van der Waals surface area contributed by atoms with Gasteiger partial charge in [0, 0.05) is 0 Å². The first-order chi connectivity index (χ1) is 9.65. The van der Waals surface area contributed by atoms with Crippen LogP contribution in [0.3, 0.4) is 0 Å². The number of carbonyl (C=O) groups excluding carboxylic acids is 1. The minimum absolute atomic E-state index is 0.0505. The van der Waals surface area contributed by atoms with Crippen molar-refractivity contribution in [2.24, 2.45) is 0 Å². The SMILES string of the molecule is Cc1ccsc1C(=O)N[C@H](C)c1nc2ccccc2[nH]1. The Hall–Kier alpha value is -2.14. The van der Waals surface area contributed by atoms with E-state index in [1.165, 1.54) is 11.3 Å². The number of nitrogens with one attached hydrogen (secondary N) is 2. The van der Waals surface area contributed by atoms with Crippen LogP contribution in [-0.2, 0) is 0 Å². The highest BCUT2D eigenvalue weighted by atomic mass is 32.1. The molecule has 0 saturated heterocycles. The summed E-state index contributed by atoms with van der Waals surface area (Å²) in [4.78, 5) is 20.7. The number of carbonyl (C=O) groups is 1. The predicted molar refractivity (Wildman–Crippen MR) is 81.0 cm³/mol. The fourth-order valence-corrected chi connectivity index (χ4v) is 2.94. The van der Waals surface area contributed by atoms with E-state index < -0.39 is 0 Å². The van der Waals surface area contributed by atoms with E-state index in [1.807, 2.05) is 49.6 Å². The number of benzene rings is 1. The van der Waals surface area contributed by atoms with Crippen molar-refractivity contribution in [3.63, 3.8) is 0 Å². The van der Waals surface area contributed by atoms with Crippen LogP contribution in [0.25, 0.3) is 11.0 Å². The second-order valence-electron chi connectivity index (χ2n) is 4.77. The van der Waals surface area contributed by atoms with E-state index in [4.69, 9.17) is 0 Å². The van der Waals surface area contributed by atoms with Crippen molar-refractivity contribution in [3.05, 3.63) is 52.0 Å². The fourth-order valence-electron chi connectivity index (χ4n) is 2.11. The normalized spacial score (nSPS) is 12.5. The molecule has 3 aromatic rings. The Balaban J connectivity index is 1.80. The molecule has 1 atom stereocenters. The molecule has 3 rings (SSSR count). The van der Waals surface area contributed by atoms with E-state index in [-0.39, 0.29) is 11.9 Å². The van der Waals surface area contributed by atoms with Crippen molar-refractivity contribution in [2.75, 3.05) is 0 Å². The van der Waals surface area contributed by atoms with Gasteiger partial charge in [0.05, 0.1) is 22.0 Å². The molecular formula is C15H15N3OS. The summed E-state index contributed by atoms with van der Waals surface area (Å²) >= 11 is 1.46. The van der Waals surface area contributed by atoms with Crippen molar-refractivity contribution in [1.82, 2.24) is 15.3 Å². The summed E-state index contributed by atoms with van der Waals surface area (Å²) in [7, 11) is 0. The molecule has 2 heterocycles. The molecule has 0 aliphatic rings. The van der Waals surface area contributed by atoms with E-state index in [9.17, 15) is 4.79 Å². The van der Waals surface area contributed by atoms with Gasteiger partial charge >= 0.3 is 0 Å². The number of aromatic amines is 1. The van der Waals surface area contributed by atoms with E-state index in [0.717, 1.165) is 27.3 Å². The van der Waals surface area contributed by atoms with Gasteiger partial charge in [0.2, 0.25) is 0 Å². The van der Waals surface area contributed by atoms with Crippen LogP contribution >= 0.6 is 11.3 Å². The van der Waals surface area contributed by atoms with E-state index in [2.05, 4.69) is 15.3 Å². The van der Waals surface area contributed by atoms with Crippen LogP contribution in [0.15, 0.2) is 35.7 Å². The molecule has 0 bridgehead atoms. The molecule has 0 spiro atoms. The van der Waals surface area contributed by atoms with Gasteiger partial charge in [-0.05, 0) is 43.0 Å². The topological polar surface area (TPSA) is 57.8 Å². The van der Waals surface area contributed by atoms with Crippen molar-refractivity contribution in [1.29, 1.82) is 0 Å². The second kappa shape index (κ2) is 5.09. The van der Waals surface area contributed by atoms with E-state index in [1.54, 1.807) is 0 Å². The number of para-hydroxylation sites is 2. The zero-order chi connectivity index (χ0) is 14.1. The number of fused-ring (bicyclic) bond motifs is 1. The molecular weight excluding hydrogens is 270 g/mol. The standard InChI is InChI=1S/C15H15N3OS/c1-9-7-8-20-13(9)15(19)16-10(2)14-17-11-5-3-4-6-12(11)18-14/h3-8,10H,1-2H3,(H,16,19)(H,17,18)/t10-/m1/s1. The van der Waals surface area contributed by atoms with Crippen molar-refractivity contribution in [3.8, 4) is 0 Å². The van der Waals surface area contributed by atoms with Crippen molar-refractivity contribution >= 4 is 28.3 Å². The highest BCUT2D eigenvalue weighted by Gasteiger charge is 2.16. The van der Waals surface area contributed by atoms with Crippen molar-refractivity contribution < 1.29 is 4.79 Å². The third-order valence-corrected chi connectivity index (χ3v) is 4.25. The number of H-pyrrole nitrogens is 1. The van der Waals surface area contributed by atoms with Gasteiger partial charge in [-0.15, -0.1) is 11.3 Å². The maximum Gasteiger partial charge on any atom is 0.262 e. The average Bonchev–Trinajstić information content (AvgIpc) is 3.04. The van der Waals surface area contributed by atoms with Crippen LogP contribution in [-0.4, -0.2) is 15.9 Å². The highest BCUT2D eigenvalue weighted by molar-refractivity contribution is 7.12. The number of amides is 1. The number of hydrogen-bond acceptors (Lipinski definition) is 3. The lowest BCUT2D eigenvalue weighted by molar-refractivity contribution is 0.0942. The van der Waals surface area contributed by atoms with E-state index >= 15 is 0 Å². The summed E-state index contributed by atoms with van der Waals surface area (Å²) < 4.78 is 0. The van der Waals surface area contributed by atoms with Gasteiger partial charge < -0.3 is 10.3 Å². The Morgan fingerprint density at radius 1 is 1.35 bits per heavy atom. The van der Waals surface area contributed by atoms with Gasteiger partial charge in [-0.2, -0.15) is 0 Å². The summed E-state index contributed by atoms with van der Waals surface area (Å²) in [6.07, 6.45) is 0. The molecule has 2 aromatic heterocycles. The van der Waals surface area contributed by atoms with Gasteiger partial charge in [0.25, 0.3) is 5.91 Å². The molecule has 1 amide bonds. The Kier molecular flexibility index (Phi) is 3.28. The van der Waals surface area contributed by atoms with Crippen LogP contribution in [0.5, 0.6) is 0 Å². The molecule has 0 radical (unpaired) electrons. The largest absolute Gasteiger partial charge is 0.342 e. The van der Waals surface area contributed by atoms with Gasteiger partial charge in [-0.25, -0.2) is 4.98 Å². The lowest BCUT2D eigenvalue weighted by Gasteiger charge is -2.10. The third-order valence-electron chi connectivity index (χ3n) is 3.23. The van der Waals surface area contributed by atoms with Crippen LogP contribution in [0, 0.1) is 6.92 Å². The zero-order valence-electron chi connectivity index (χ0n) is 11.3. The highest BCUT2D eigenvalue weighted by Crippen LogP contribution is 2.19. The Morgan fingerprint density at radius 2 is 2.15 bits per heavy atom. The molecule has 4 nitrogen and oxygen atoms in total. The maximum absolute atomic E-state index is 12.2. The predicted octanol–water partition coefficient (Wildman–Crippen LogP) is 3.42. The maximum atomic E-state index is 12.2.